The number of hydrogen-bond donors (Lipinski definition) is 1. The van der Waals surface area contributed by atoms with Gasteiger partial charge >= 0.3 is 0 Å². The van der Waals surface area contributed by atoms with Crippen LogP contribution in [0.5, 0.6) is 0 Å². The fraction of sp³-hybridized carbons (Fsp3) is 0.444. The molecule has 1 atom stereocenters. The summed E-state index contributed by atoms with van der Waals surface area (Å²) in [4.78, 5) is 10.6. The lowest BCUT2D eigenvalue weighted by Gasteiger charge is -2.24. The summed E-state index contributed by atoms with van der Waals surface area (Å²) in [5.74, 6) is 1.96. The maximum atomic E-state index is 10.6. The van der Waals surface area contributed by atoms with Gasteiger partial charge in [-0.25, -0.2) is 0 Å². The van der Waals surface area contributed by atoms with Crippen molar-refractivity contribution in [3.63, 3.8) is 0 Å². The minimum Gasteiger partial charge on any atom is -0.464 e. The van der Waals surface area contributed by atoms with Gasteiger partial charge in [0.05, 0.1) is 12.5 Å². The third-order valence-electron chi connectivity index (χ3n) is 2.10. The molecule has 12 heavy (non-hydrogen) atoms. The van der Waals surface area contributed by atoms with Gasteiger partial charge in [-0.15, -0.1) is 0 Å². The molecule has 1 unspecified atom stereocenters. The molecule has 0 aromatic carbocycles. The Balaban J connectivity index is 2.08. The first-order valence-electron chi connectivity index (χ1n) is 4.17. The smallest absolute Gasteiger partial charge is 0.223 e. The summed E-state index contributed by atoms with van der Waals surface area (Å²) in [7, 11) is 0. The van der Waals surface area contributed by atoms with Crippen molar-refractivity contribution in [3.8, 4) is 0 Å². The molecule has 1 aromatic rings. The highest BCUT2D eigenvalue weighted by Crippen LogP contribution is 2.25. The molecule has 0 aliphatic carbocycles. The number of amides is 1. The fourth-order valence-corrected chi connectivity index (χ4v) is 1.30. The Kier molecular flexibility index (Phi) is 1.64. The summed E-state index contributed by atoms with van der Waals surface area (Å²) in [5, 5.41) is 2.76. The molecule has 3 nitrogen and oxygen atoms in total. The van der Waals surface area contributed by atoms with Crippen LogP contribution >= 0.6 is 0 Å². The van der Waals surface area contributed by atoms with Crippen LogP contribution in [0.3, 0.4) is 0 Å². The second-order valence-electron chi connectivity index (χ2n) is 2.98. The van der Waals surface area contributed by atoms with Gasteiger partial charge in [0.2, 0.25) is 5.91 Å². The third-order valence-corrected chi connectivity index (χ3v) is 2.10. The molecular formula is C9H11NO2. The van der Waals surface area contributed by atoms with Crippen molar-refractivity contribution in [3.05, 3.63) is 23.7 Å². The highest BCUT2D eigenvalue weighted by molar-refractivity contribution is 5.83. The van der Waals surface area contributed by atoms with Crippen molar-refractivity contribution in [2.45, 2.75) is 25.8 Å². The normalized spacial score (nSPS) is 21.8. The molecule has 2 rings (SSSR count). The third kappa shape index (κ3) is 1.11. The lowest BCUT2D eigenvalue weighted by molar-refractivity contribution is -0.128. The number of furan rings is 1. The van der Waals surface area contributed by atoms with E-state index in [9.17, 15) is 4.79 Å². The number of carbonyl (C=O) groups excluding carboxylic acids is 1. The highest BCUT2D eigenvalue weighted by Gasteiger charge is 2.29. The Morgan fingerprint density at radius 3 is 2.92 bits per heavy atom. The molecule has 1 aliphatic heterocycles. The SMILES string of the molecule is CCc1ccc(C2CC(=O)N2)o1. The molecule has 1 aliphatic rings. The Hall–Kier alpha value is -1.25. The quantitative estimate of drug-likeness (QED) is 0.673. The van der Waals surface area contributed by atoms with Crippen LogP contribution in [0, 0.1) is 0 Å². The monoisotopic (exact) mass is 165 g/mol. The summed E-state index contributed by atoms with van der Waals surface area (Å²) in [6.45, 7) is 2.04. The zero-order valence-electron chi connectivity index (χ0n) is 6.96. The predicted octanol–water partition coefficient (Wildman–Crippen LogP) is 1.40. The van der Waals surface area contributed by atoms with E-state index < -0.39 is 0 Å². The van der Waals surface area contributed by atoms with E-state index in [2.05, 4.69) is 5.32 Å². The Bertz CT molecular complexity index is 295. The molecule has 3 heteroatoms. The van der Waals surface area contributed by atoms with Crippen molar-refractivity contribution in [1.29, 1.82) is 0 Å². The van der Waals surface area contributed by atoms with Crippen molar-refractivity contribution in [2.24, 2.45) is 0 Å². The molecular weight excluding hydrogens is 154 g/mol. The number of nitrogens with one attached hydrogen (secondary N) is 1. The highest BCUT2D eigenvalue weighted by atomic mass is 16.3. The zero-order valence-corrected chi connectivity index (χ0v) is 6.96. The lowest BCUT2D eigenvalue weighted by Crippen LogP contribution is -2.41. The van der Waals surface area contributed by atoms with Crippen molar-refractivity contribution in [1.82, 2.24) is 5.32 Å². The van der Waals surface area contributed by atoms with E-state index in [-0.39, 0.29) is 11.9 Å². The molecule has 1 saturated heterocycles. The Labute approximate surface area is 70.8 Å². The number of aryl methyl sites for hydroxylation is 1. The number of carbonyl (C=O) groups is 1. The van der Waals surface area contributed by atoms with Crippen molar-refractivity contribution >= 4 is 5.91 Å². The van der Waals surface area contributed by atoms with Gasteiger partial charge < -0.3 is 9.73 Å². The average Bonchev–Trinajstić information content (AvgIpc) is 2.46. The molecule has 0 spiro atoms. The van der Waals surface area contributed by atoms with E-state index in [1.807, 2.05) is 19.1 Å². The summed E-state index contributed by atoms with van der Waals surface area (Å²) in [6.07, 6.45) is 1.47. The summed E-state index contributed by atoms with van der Waals surface area (Å²) in [6, 6.07) is 4.01. The van der Waals surface area contributed by atoms with Crippen LogP contribution in [-0.2, 0) is 11.2 Å². The maximum absolute atomic E-state index is 10.6. The first-order chi connectivity index (χ1) is 5.79. The second kappa shape index (κ2) is 2.66. The van der Waals surface area contributed by atoms with Gasteiger partial charge in [-0.1, -0.05) is 6.92 Å². The molecule has 0 bridgehead atoms. The van der Waals surface area contributed by atoms with Crippen LogP contribution in [-0.4, -0.2) is 5.91 Å². The predicted molar refractivity (Wildman–Crippen MR) is 43.6 cm³/mol. The molecule has 1 amide bonds. The van der Waals surface area contributed by atoms with Crippen LogP contribution < -0.4 is 5.32 Å². The van der Waals surface area contributed by atoms with Gasteiger partial charge in [0.15, 0.2) is 0 Å². The van der Waals surface area contributed by atoms with Crippen molar-refractivity contribution in [2.75, 3.05) is 0 Å². The number of β-lactam (4-membered cyclic amide) rings is 1. The number of rotatable bonds is 2. The van der Waals surface area contributed by atoms with E-state index in [1.54, 1.807) is 0 Å². The zero-order chi connectivity index (χ0) is 8.55. The summed E-state index contributed by atoms with van der Waals surface area (Å²) >= 11 is 0. The summed E-state index contributed by atoms with van der Waals surface area (Å²) in [5.41, 5.74) is 0. The summed E-state index contributed by atoms with van der Waals surface area (Å²) < 4.78 is 5.47. The largest absolute Gasteiger partial charge is 0.464 e. The first kappa shape index (κ1) is 7.40. The average molecular weight is 165 g/mol. The standard InChI is InChI=1S/C9H11NO2/c1-2-6-3-4-8(12-6)7-5-9(11)10-7/h3-4,7H,2,5H2,1H3,(H,10,11). The van der Waals surface area contributed by atoms with E-state index in [0.717, 1.165) is 17.9 Å². The molecule has 64 valence electrons. The van der Waals surface area contributed by atoms with E-state index >= 15 is 0 Å². The maximum Gasteiger partial charge on any atom is 0.223 e. The number of hydrogen-bond acceptors (Lipinski definition) is 2. The Morgan fingerprint density at radius 2 is 2.42 bits per heavy atom. The van der Waals surface area contributed by atoms with E-state index in [0.29, 0.717) is 6.42 Å². The lowest BCUT2D eigenvalue weighted by atomic mass is 10.0. The van der Waals surface area contributed by atoms with Crippen LogP contribution in [0.2, 0.25) is 0 Å². The van der Waals surface area contributed by atoms with Gasteiger partial charge in [-0.05, 0) is 12.1 Å². The molecule has 1 aromatic heterocycles. The topological polar surface area (TPSA) is 42.2 Å². The van der Waals surface area contributed by atoms with Gasteiger partial charge in [0.1, 0.15) is 11.5 Å². The van der Waals surface area contributed by atoms with Gasteiger partial charge in [-0.3, -0.25) is 4.79 Å². The molecule has 0 saturated carbocycles. The van der Waals surface area contributed by atoms with Crippen LogP contribution in [0.15, 0.2) is 16.5 Å². The minimum absolute atomic E-state index is 0.106. The Morgan fingerprint density at radius 1 is 1.67 bits per heavy atom. The fourth-order valence-electron chi connectivity index (χ4n) is 1.30. The first-order valence-corrected chi connectivity index (χ1v) is 4.17. The van der Waals surface area contributed by atoms with Crippen molar-refractivity contribution < 1.29 is 9.21 Å². The van der Waals surface area contributed by atoms with Crippen LogP contribution in [0.25, 0.3) is 0 Å². The molecule has 2 heterocycles. The van der Waals surface area contributed by atoms with E-state index in [1.165, 1.54) is 0 Å². The van der Waals surface area contributed by atoms with Crippen LogP contribution in [0.4, 0.5) is 0 Å². The molecule has 1 fully saturated rings. The van der Waals surface area contributed by atoms with Gasteiger partial charge in [-0.2, -0.15) is 0 Å². The van der Waals surface area contributed by atoms with Gasteiger partial charge in [0, 0.05) is 6.42 Å². The molecule has 1 N–H and O–H groups in total. The van der Waals surface area contributed by atoms with Gasteiger partial charge in [0.25, 0.3) is 0 Å². The molecule has 0 radical (unpaired) electrons. The van der Waals surface area contributed by atoms with E-state index in [4.69, 9.17) is 4.42 Å². The van der Waals surface area contributed by atoms with Crippen LogP contribution in [0.1, 0.15) is 30.9 Å². The minimum atomic E-state index is 0.106. The second-order valence-corrected chi connectivity index (χ2v) is 2.98.